The first-order valence-corrected chi connectivity index (χ1v) is 8.01. The number of hydrogen-bond acceptors (Lipinski definition) is 3. The zero-order valence-electron chi connectivity index (χ0n) is 13.5. The lowest BCUT2D eigenvalue weighted by molar-refractivity contribution is -0.141. The van der Waals surface area contributed by atoms with Crippen molar-refractivity contribution in [3.63, 3.8) is 0 Å². The van der Waals surface area contributed by atoms with Gasteiger partial charge in [-0.2, -0.15) is 0 Å². The first-order chi connectivity index (χ1) is 11.7. The van der Waals surface area contributed by atoms with Crippen LogP contribution in [-0.2, 0) is 9.53 Å². The molecule has 0 aromatic heterocycles. The summed E-state index contributed by atoms with van der Waals surface area (Å²) in [6.45, 7) is 1.91. The van der Waals surface area contributed by atoms with Gasteiger partial charge >= 0.3 is 5.97 Å². The van der Waals surface area contributed by atoms with Crippen molar-refractivity contribution in [2.75, 3.05) is 13.2 Å². The molecular formula is C20H19NO3. The third-order valence-corrected chi connectivity index (χ3v) is 3.95. The van der Waals surface area contributed by atoms with E-state index in [0.29, 0.717) is 12.2 Å². The Morgan fingerprint density at radius 2 is 1.92 bits per heavy atom. The fourth-order valence-electron chi connectivity index (χ4n) is 2.80. The van der Waals surface area contributed by atoms with Gasteiger partial charge in [-0.05, 0) is 47.4 Å². The average molecular weight is 321 g/mol. The molecule has 4 nitrogen and oxygen atoms in total. The molecule has 0 aliphatic heterocycles. The van der Waals surface area contributed by atoms with Crippen LogP contribution >= 0.6 is 0 Å². The van der Waals surface area contributed by atoms with Crippen LogP contribution < -0.4 is 5.32 Å². The van der Waals surface area contributed by atoms with Crippen LogP contribution in [0.15, 0.2) is 54.6 Å². The summed E-state index contributed by atoms with van der Waals surface area (Å²) in [6.07, 6.45) is 6.87. The molecule has 0 saturated heterocycles. The molecular weight excluding hydrogens is 302 g/mol. The number of hydrogen-bond donors (Lipinski definition) is 1. The molecule has 0 spiro atoms. The number of ether oxygens (including phenoxy) is 1. The molecule has 0 fully saturated rings. The second kappa shape index (κ2) is 7.13. The second-order valence-corrected chi connectivity index (χ2v) is 5.56. The Morgan fingerprint density at radius 1 is 1.17 bits per heavy atom. The third kappa shape index (κ3) is 3.38. The van der Waals surface area contributed by atoms with E-state index in [2.05, 4.69) is 11.4 Å². The van der Waals surface area contributed by atoms with Gasteiger partial charge < -0.3 is 10.1 Å². The van der Waals surface area contributed by atoms with E-state index in [9.17, 15) is 9.59 Å². The molecule has 2 aromatic rings. The number of esters is 1. The number of carbonyl (C=O) groups is 2. The van der Waals surface area contributed by atoms with Gasteiger partial charge in [0.05, 0.1) is 6.61 Å². The van der Waals surface area contributed by atoms with E-state index < -0.39 is 5.97 Å². The fourth-order valence-corrected chi connectivity index (χ4v) is 2.80. The Morgan fingerprint density at radius 3 is 2.58 bits per heavy atom. The fraction of sp³-hybridized carbons (Fsp3) is 0.200. The average Bonchev–Trinajstić information content (AvgIpc) is 3.13. The van der Waals surface area contributed by atoms with Crippen LogP contribution in [0.2, 0.25) is 0 Å². The van der Waals surface area contributed by atoms with Gasteiger partial charge in [0.2, 0.25) is 0 Å². The maximum absolute atomic E-state index is 12.6. The molecule has 2 aromatic carbocycles. The molecule has 0 heterocycles. The van der Waals surface area contributed by atoms with Gasteiger partial charge in [0.1, 0.15) is 6.54 Å². The summed E-state index contributed by atoms with van der Waals surface area (Å²) in [5.74, 6) is -0.702. The van der Waals surface area contributed by atoms with Crippen LogP contribution in [0.1, 0.15) is 29.3 Å². The van der Waals surface area contributed by atoms with Crippen molar-refractivity contribution in [3.8, 4) is 0 Å². The maximum atomic E-state index is 12.6. The van der Waals surface area contributed by atoms with Crippen molar-refractivity contribution in [2.24, 2.45) is 0 Å². The van der Waals surface area contributed by atoms with Crippen LogP contribution in [-0.4, -0.2) is 25.0 Å². The van der Waals surface area contributed by atoms with Crippen molar-refractivity contribution in [3.05, 3.63) is 65.8 Å². The summed E-state index contributed by atoms with van der Waals surface area (Å²) < 4.78 is 4.85. The van der Waals surface area contributed by atoms with Crippen LogP contribution in [0.3, 0.4) is 0 Å². The van der Waals surface area contributed by atoms with Crippen molar-refractivity contribution < 1.29 is 14.3 Å². The number of benzene rings is 2. The van der Waals surface area contributed by atoms with E-state index in [0.717, 1.165) is 28.3 Å². The van der Waals surface area contributed by atoms with Gasteiger partial charge in [-0.25, -0.2) is 0 Å². The topological polar surface area (TPSA) is 55.4 Å². The molecule has 1 aliphatic rings. The standard InChI is InChI=1S/C20H19NO3/c1-2-24-19(22)13-21-20(23)18-12-16-10-6-5-9-15(16)11-17(18)14-7-3-4-8-14/h3-7,9-12H,2,8,13H2,1H3,(H,21,23). The van der Waals surface area contributed by atoms with E-state index in [1.807, 2.05) is 48.6 Å². The van der Waals surface area contributed by atoms with Gasteiger partial charge in [0.15, 0.2) is 0 Å². The van der Waals surface area contributed by atoms with Crippen LogP contribution in [0, 0.1) is 0 Å². The molecule has 1 N–H and O–H groups in total. The molecule has 0 unspecified atom stereocenters. The zero-order valence-corrected chi connectivity index (χ0v) is 13.5. The number of allylic oxidation sites excluding steroid dienone is 4. The lowest BCUT2D eigenvalue weighted by atomic mass is 9.94. The predicted molar refractivity (Wildman–Crippen MR) is 94.6 cm³/mol. The van der Waals surface area contributed by atoms with Crippen LogP contribution in [0.25, 0.3) is 16.3 Å². The Balaban J connectivity index is 1.93. The van der Waals surface area contributed by atoms with Crippen molar-refractivity contribution in [1.29, 1.82) is 0 Å². The molecule has 0 bridgehead atoms. The Hall–Kier alpha value is -2.88. The highest BCUT2D eigenvalue weighted by atomic mass is 16.5. The van der Waals surface area contributed by atoms with E-state index >= 15 is 0 Å². The van der Waals surface area contributed by atoms with E-state index in [4.69, 9.17) is 4.74 Å². The summed E-state index contributed by atoms with van der Waals surface area (Å²) in [4.78, 5) is 24.1. The van der Waals surface area contributed by atoms with Crippen molar-refractivity contribution in [2.45, 2.75) is 13.3 Å². The maximum Gasteiger partial charge on any atom is 0.325 e. The van der Waals surface area contributed by atoms with Gasteiger partial charge in [-0.15, -0.1) is 0 Å². The van der Waals surface area contributed by atoms with Gasteiger partial charge in [-0.1, -0.05) is 42.5 Å². The minimum Gasteiger partial charge on any atom is -0.465 e. The summed E-state index contributed by atoms with van der Waals surface area (Å²) in [5, 5.41) is 4.73. The van der Waals surface area contributed by atoms with Crippen molar-refractivity contribution in [1.82, 2.24) is 5.32 Å². The molecule has 122 valence electrons. The molecule has 0 atom stereocenters. The molecule has 1 aliphatic carbocycles. The predicted octanol–water partition coefficient (Wildman–Crippen LogP) is 3.48. The van der Waals surface area contributed by atoms with Crippen LogP contribution in [0.5, 0.6) is 0 Å². The normalized spacial score (nSPS) is 13.0. The smallest absolute Gasteiger partial charge is 0.325 e. The highest BCUT2D eigenvalue weighted by Gasteiger charge is 2.17. The molecule has 1 amide bonds. The number of rotatable bonds is 5. The number of fused-ring (bicyclic) bond motifs is 1. The minimum atomic E-state index is -0.435. The zero-order chi connectivity index (χ0) is 16.9. The minimum absolute atomic E-state index is 0.129. The lowest BCUT2D eigenvalue weighted by Gasteiger charge is -2.13. The quantitative estimate of drug-likeness (QED) is 0.858. The Labute approximate surface area is 140 Å². The number of carbonyl (C=O) groups excluding carboxylic acids is 2. The van der Waals surface area contributed by atoms with Gasteiger partial charge in [0.25, 0.3) is 5.91 Å². The highest BCUT2D eigenvalue weighted by Crippen LogP contribution is 2.30. The van der Waals surface area contributed by atoms with E-state index in [-0.39, 0.29) is 12.5 Å². The van der Waals surface area contributed by atoms with E-state index in [1.54, 1.807) is 6.92 Å². The second-order valence-electron chi connectivity index (χ2n) is 5.56. The summed E-state index contributed by atoms with van der Waals surface area (Å²) >= 11 is 0. The monoisotopic (exact) mass is 321 g/mol. The van der Waals surface area contributed by atoms with Gasteiger partial charge in [0, 0.05) is 5.56 Å². The SMILES string of the molecule is CCOC(=O)CNC(=O)c1cc2ccccc2cc1C1=CC=CC1. The highest BCUT2D eigenvalue weighted by molar-refractivity contribution is 6.04. The van der Waals surface area contributed by atoms with E-state index in [1.165, 1.54) is 0 Å². The first-order valence-electron chi connectivity index (χ1n) is 8.01. The molecule has 3 rings (SSSR count). The molecule has 4 heteroatoms. The largest absolute Gasteiger partial charge is 0.465 e. The van der Waals surface area contributed by atoms with Crippen LogP contribution in [0.4, 0.5) is 0 Å². The Bertz CT molecular complexity index is 849. The summed E-state index contributed by atoms with van der Waals surface area (Å²) in [5.41, 5.74) is 2.58. The van der Waals surface area contributed by atoms with Crippen molar-refractivity contribution >= 4 is 28.2 Å². The Kier molecular flexibility index (Phi) is 4.75. The summed E-state index contributed by atoms with van der Waals surface area (Å²) in [7, 11) is 0. The van der Waals surface area contributed by atoms with Gasteiger partial charge in [-0.3, -0.25) is 9.59 Å². The lowest BCUT2D eigenvalue weighted by Crippen LogP contribution is -2.31. The summed E-state index contributed by atoms with van der Waals surface area (Å²) in [6, 6.07) is 11.8. The first kappa shape index (κ1) is 16.0. The molecule has 0 radical (unpaired) electrons. The molecule has 24 heavy (non-hydrogen) atoms. The number of amides is 1. The molecule has 0 saturated carbocycles. The third-order valence-electron chi connectivity index (χ3n) is 3.95. The number of nitrogens with one attached hydrogen (secondary N) is 1.